The topological polar surface area (TPSA) is 100 Å². The highest BCUT2D eigenvalue weighted by molar-refractivity contribution is 5.97. The number of nitrogens with one attached hydrogen (secondary N) is 1. The molecule has 4 aromatic rings. The standard InChI is InChI=1S/C27H28F3N5O4/c1-25(2,3)38-23(36)34-15-17(14-32-34)20-11-16-13-31-22(12-21(16)35(20)24(37)39-26(4,5)6)33-19-10-8-7-9-18(19)27(28,29)30/h7-15H,1-6H3,(H,31,33). The monoisotopic (exact) mass is 543 g/mol. The molecule has 0 aliphatic carbocycles. The molecule has 3 heterocycles. The lowest BCUT2D eigenvalue weighted by Crippen LogP contribution is -2.27. The number of benzene rings is 1. The molecule has 206 valence electrons. The third-order valence-electron chi connectivity index (χ3n) is 5.22. The Balaban J connectivity index is 1.80. The fourth-order valence-corrected chi connectivity index (χ4v) is 3.73. The van der Waals surface area contributed by atoms with E-state index < -0.39 is 35.1 Å². The van der Waals surface area contributed by atoms with E-state index >= 15 is 0 Å². The van der Waals surface area contributed by atoms with Crippen LogP contribution in [0.4, 0.5) is 34.3 Å². The van der Waals surface area contributed by atoms with Crippen LogP contribution in [0.3, 0.4) is 0 Å². The number of halogens is 3. The predicted octanol–water partition coefficient (Wildman–Crippen LogP) is 7.23. The average Bonchev–Trinajstić information content (AvgIpc) is 3.41. The van der Waals surface area contributed by atoms with Crippen LogP contribution in [-0.2, 0) is 15.7 Å². The van der Waals surface area contributed by atoms with E-state index in [2.05, 4.69) is 15.4 Å². The Morgan fingerprint density at radius 1 is 0.897 bits per heavy atom. The summed E-state index contributed by atoms with van der Waals surface area (Å²) >= 11 is 0. The molecule has 0 atom stereocenters. The number of hydrogen-bond donors (Lipinski definition) is 1. The van der Waals surface area contributed by atoms with E-state index in [1.165, 1.54) is 47.4 Å². The minimum Gasteiger partial charge on any atom is -0.443 e. The second-order valence-corrected chi connectivity index (χ2v) is 10.8. The maximum atomic E-state index is 13.5. The molecular formula is C27H28F3N5O4. The van der Waals surface area contributed by atoms with Gasteiger partial charge in [-0.15, -0.1) is 0 Å². The van der Waals surface area contributed by atoms with Gasteiger partial charge in [0.1, 0.15) is 17.0 Å². The lowest BCUT2D eigenvalue weighted by Gasteiger charge is -2.21. The van der Waals surface area contributed by atoms with Crippen LogP contribution >= 0.6 is 0 Å². The van der Waals surface area contributed by atoms with Gasteiger partial charge in [-0.1, -0.05) is 12.1 Å². The zero-order valence-corrected chi connectivity index (χ0v) is 22.3. The molecule has 1 N–H and O–H groups in total. The Hall–Kier alpha value is -4.35. The van der Waals surface area contributed by atoms with Crippen LogP contribution in [-0.4, -0.2) is 42.7 Å². The molecular weight excluding hydrogens is 515 g/mol. The van der Waals surface area contributed by atoms with Crippen LogP contribution in [0.15, 0.2) is 55.0 Å². The predicted molar refractivity (Wildman–Crippen MR) is 139 cm³/mol. The normalized spacial score (nSPS) is 12.4. The number of aromatic nitrogens is 4. The molecule has 0 aliphatic rings. The van der Waals surface area contributed by atoms with Crippen LogP contribution in [0.2, 0.25) is 0 Å². The summed E-state index contributed by atoms with van der Waals surface area (Å²) < 4.78 is 53.7. The Morgan fingerprint density at radius 3 is 2.18 bits per heavy atom. The number of nitrogens with zero attached hydrogens (tertiary/aromatic N) is 4. The molecule has 4 rings (SSSR count). The van der Waals surface area contributed by atoms with Crippen LogP contribution in [0.5, 0.6) is 0 Å². The van der Waals surface area contributed by atoms with Crippen molar-refractivity contribution in [2.24, 2.45) is 0 Å². The van der Waals surface area contributed by atoms with E-state index in [1.54, 1.807) is 47.6 Å². The molecule has 0 unspecified atom stereocenters. The molecule has 39 heavy (non-hydrogen) atoms. The zero-order chi connectivity index (χ0) is 28.8. The van der Waals surface area contributed by atoms with Gasteiger partial charge in [0.15, 0.2) is 0 Å². The number of ether oxygens (including phenoxy) is 2. The number of rotatable bonds is 3. The van der Waals surface area contributed by atoms with Crippen molar-refractivity contribution < 1.29 is 32.2 Å². The lowest BCUT2D eigenvalue weighted by atomic mass is 10.1. The number of alkyl halides is 3. The van der Waals surface area contributed by atoms with Gasteiger partial charge < -0.3 is 14.8 Å². The SMILES string of the molecule is CC(C)(C)OC(=O)n1cc(-c2cc3cnc(Nc4ccccc4C(F)(F)F)cc3n2C(=O)OC(C)(C)C)cn1. The Kier molecular flexibility index (Phi) is 6.92. The van der Waals surface area contributed by atoms with Crippen LogP contribution < -0.4 is 5.32 Å². The highest BCUT2D eigenvalue weighted by Crippen LogP contribution is 2.36. The zero-order valence-electron chi connectivity index (χ0n) is 22.3. The minimum absolute atomic E-state index is 0.0816. The van der Waals surface area contributed by atoms with Gasteiger partial charge in [-0.25, -0.2) is 19.1 Å². The first-order valence-corrected chi connectivity index (χ1v) is 12.0. The van der Waals surface area contributed by atoms with Gasteiger partial charge >= 0.3 is 18.4 Å². The summed E-state index contributed by atoms with van der Waals surface area (Å²) in [5, 5.41) is 7.28. The maximum Gasteiger partial charge on any atom is 0.435 e. The molecule has 0 spiro atoms. The summed E-state index contributed by atoms with van der Waals surface area (Å²) in [6, 6.07) is 8.12. The highest BCUT2D eigenvalue weighted by atomic mass is 19.4. The molecule has 0 amide bonds. The van der Waals surface area contributed by atoms with Gasteiger partial charge in [0, 0.05) is 29.4 Å². The Morgan fingerprint density at radius 2 is 1.54 bits per heavy atom. The lowest BCUT2D eigenvalue weighted by molar-refractivity contribution is -0.136. The molecule has 9 nitrogen and oxygen atoms in total. The molecule has 0 saturated carbocycles. The van der Waals surface area contributed by atoms with Crippen molar-refractivity contribution in [3.05, 3.63) is 60.6 Å². The number of pyridine rings is 1. The summed E-state index contributed by atoms with van der Waals surface area (Å²) in [6.45, 7) is 10.3. The van der Waals surface area contributed by atoms with Crippen LogP contribution in [0.25, 0.3) is 22.2 Å². The van der Waals surface area contributed by atoms with Crippen molar-refractivity contribution in [1.29, 1.82) is 0 Å². The van der Waals surface area contributed by atoms with Crippen LogP contribution in [0, 0.1) is 0 Å². The first-order valence-electron chi connectivity index (χ1n) is 12.0. The van der Waals surface area contributed by atoms with Gasteiger partial charge in [-0.2, -0.15) is 23.0 Å². The third kappa shape index (κ3) is 6.39. The van der Waals surface area contributed by atoms with Gasteiger partial charge in [0.25, 0.3) is 0 Å². The molecule has 1 aromatic carbocycles. The molecule has 0 bridgehead atoms. The van der Waals surface area contributed by atoms with E-state index in [-0.39, 0.29) is 11.5 Å². The number of carbonyl (C=O) groups excluding carboxylic acids is 2. The fraction of sp³-hybridized carbons (Fsp3) is 0.333. The minimum atomic E-state index is -4.58. The van der Waals surface area contributed by atoms with E-state index in [0.29, 0.717) is 22.2 Å². The third-order valence-corrected chi connectivity index (χ3v) is 5.22. The summed E-state index contributed by atoms with van der Waals surface area (Å²) in [6.07, 6.45) is -1.78. The molecule has 3 aromatic heterocycles. The quantitative estimate of drug-likeness (QED) is 0.291. The van der Waals surface area contributed by atoms with Crippen molar-refractivity contribution in [2.45, 2.75) is 58.9 Å². The van der Waals surface area contributed by atoms with Crippen LogP contribution in [0.1, 0.15) is 47.1 Å². The van der Waals surface area contributed by atoms with Crippen molar-refractivity contribution in [2.75, 3.05) is 5.32 Å². The second-order valence-electron chi connectivity index (χ2n) is 10.8. The molecule has 0 radical (unpaired) electrons. The van der Waals surface area contributed by atoms with E-state index in [9.17, 15) is 22.8 Å². The molecule has 12 heteroatoms. The summed E-state index contributed by atoms with van der Waals surface area (Å²) in [5.41, 5.74) is -1.56. The number of anilines is 2. The van der Waals surface area contributed by atoms with Gasteiger partial charge in [-0.3, -0.25) is 0 Å². The summed E-state index contributed by atoms with van der Waals surface area (Å²) in [5.74, 6) is 0.0816. The highest BCUT2D eigenvalue weighted by Gasteiger charge is 2.33. The average molecular weight is 544 g/mol. The maximum absolute atomic E-state index is 13.5. The van der Waals surface area contributed by atoms with Crippen molar-refractivity contribution in [3.8, 4) is 11.3 Å². The number of para-hydroxylation sites is 1. The smallest absolute Gasteiger partial charge is 0.435 e. The largest absolute Gasteiger partial charge is 0.443 e. The van der Waals surface area contributed by atoms with E-state index in [0.717, 1.165) is 10.7 Å². The Bertz CT molecular complexity index is 1540. The molecule has 0 aliphatic heterocycles. The first kappa shape index (κ1) is 27.7. The Labute approximate surface area is 222 Å². The molecule has 0 saturated heterocycles. The van der Waals surface area contributed by atoms with Gasteiger partial charge in [0.05, 0.1) is 28.7 Å². The summed E-state index contributed by atoms with van der Waals surface area (Å²) in [4.78, 5) is 30.1. The van der Waals surface area contributed by atoms with E-state index in [1.807, 2.05) is 0 Å². The summed E-state index contributed by atoms with van der Waals surface area (Å²) in [7, 11) is 0. The number of fused-ring (bicyclic) bond motifs is 1. The van der Waals surface area contributed by atoms with Gasteiger partial charge in [0.2, 0.25) is 0 Å². The first-order chi connectivity index (χ1) is 18.0. The van der Waals surface area contributed by atoms with Crippen molar-refractivity contribution in [3.63, 3.8) is 0 Å². The van der Waals surface area contributed by atoms with Crippen molar-refractivity contribution in [1.82, 2.24) is 19.3 Å². The van der Waals surface area contributed by atoms with Gasteiger partial charge in [-0.05, 0) is 59.7 Å². The molecule has 0 fully saturated rings. The second kappa shape index (κ2) is 9.75. The van der Waals surface area contributed by atoms with E-state index in [4.69, 9.17) is 9.47 Å². The fourth-order valence-electron chi connectivity index (χ4n) is 3.73. The van der Waals surface area contributed by atoms with Crippen molar-refractivity contribution >= 4 is 34.6 Å². The number of hydrogen-bond acceptors (Lipinski definition) is 7. The number of carbonyl (C=O) groups is 2.